The maximum absolute atomic E-state index is 5.94. The standard InChI is InChI=1S/C16H20N2O2/c1-16(2,3)13-9-11(19-4)5-6-14(13)20-12-7-8-18-15(17)10-12/h5-10H,1-4H3,(H2,17,18). The Morgan fingerprint density at radius 3 is 2.40 bits per heavy atom. The third kappa shape index (κ3) is 3.20. The molecular formula is C16H20N2O2. The quantitative estimate of drug-likeness (QED) is 0.924. The SMILES string of the molecule is COc1ccc(Oc2ccnc(N)c2)c(C(C)(C)C)c1. The van der Waals surface area contributed by atoms with Crippen LogP contribution < -0.4 is 15.2 Å². The molecule has 2 N–H and O–H groups in total. The van der Waals surface area contributed by atoms with Gasteiger partial charge in [-0.3, -0.25) is 0 Å². The van der Waals surface area contributed by atoms with Crippen LogP contribution in [0.15, 0.2) is 36.5 Å². The van der Waals surface area contributed by atoms with Gasteiger partial charge in [0.1, 0.15) is 23.1 Å². The minimum absolute atomic E-state index is 0.0531. The van der Waals surface area contributed by atoms with Gasteiger partial charge < -0.3 is 15.2 Å². The van der Waals surface area contributed by atoms with Gasteiger partial charge in [-0.15, -0.1) is 0 Å². The van der Waals surface area contributed by atoms with E-state index in [0.29, 0.717) is 11.6 Å². The van der Waals surface area contributed by atoms with Crippen molar-refractivity contribution in [2.45, 2.75) is 26.2 Å². The molecule has 0 saturated heterocycles. The van der Waals surface area contributed by atoms with Crippen molar-refractivity contribution in [2.75, 3.05) is 12.8 Å². The summed E-state index contributed by atoms with van der Waals surface area (Å²) in [6, 6.07) is 9.29. The summed E-state index contributed by atoms with van der Waals surface area (Å²) in [7, 11) is 1.66. The fourth-order valence-electron chi connectivity index (χ4n) is 1.93. The number of benzene rings is 1. The number of hydrogen-bond donors (Lipinski definition) is 1. The van der Waals surface area contributed by atoms with E-state index in [9.17, 15) is 0 Å². The Balaban J connectivity index is 2.41. The minimum Gasteiger partial charge on any atom is -0.497 e. The predicted molar refractivity (Wildman–Crippen MR) is 80.4 cm³/mol. The van der Waals surface area contributed by atoms with Gasteiger partial charge in [0.25, 0.3) is 0 Å². The normalized spacial score (nSPS) is 11.2. The molecule has 0 unspecified atom stereocenters. The fourth-order valence-corrected chi connectivity index (χ4v) is 1.93. The lowest BCUT2D eigenvalue weighted by atomic mass is 9.86. The molecule has 0 atom stereocenters. The average molecular weight is 272 g/mol. The lowest BCUT2D eigenvalue weighted by Crippen LogP contribution is -2.12. The molecule has 0 spiro atoms. The zero-order valence-corrected chi connectivity index (χ0v) is 12.3. The first-order valence-electron chi connectivity index (χ1n) is 6.48. The number of methoxy groups -OCH3 is 1. The smallest absolute Gasteiger partial charge is 0.132 e. The molecule has 1 aromatic carbocycles. The maximum atomic E-state index is 5.94. The third-order valence-electron chi connectivity index (χ3n) is 2.98. The number of hydrogen-bond acceptors (Lipinski definition) is 4. The van der Waals surface area contributed by atoms with Gasteiger partial charge in [-0.05, 0) is 29.7 Å². The minimum atomic E-state index is -0.0531. The summed E-state index contributed by atoms with van der Waals surface area (Å²) in [6.07, 6.45) is 1.63. The van der Waals surface area contributed by atoms with E-state index in [1.165, 1.54) is 0 Å². The van der Waals surface area contributed by atoms with Crippen LogP contribution in [0.4, 0.5) is 5.82 Å². The van der Waals surface area contributed by atoms with Gasteiger partial charge in [0, 0.05) is 17.8 Å². The second-order valence-electron chi connectivity index (χ2n) is 5.63. The Kier molecular flexibility index (Phi) is 3.84. The molecule has 2 aromatic rings. The van der Waals surface area contributed by atoms with Gasteiger partial charge in [0.15, 0.2) is 0 Å². The highest BCUT2D eigenvalue weighted by atomic mass is 16.5. The van der Waals surface area contributed by atoms with Crippen molar-refractivity contribution in [1.29, 1.82) is 0 Å². The number of nitrogens with zero attached hydrogens (tertiary/aromatic N) is 1. The second kappa shape index (κ2) is 5.41. The molecule has 0 fully saturated rings. The van der Waals surface area contributed by atoms with Crippen LogP contribution in [0.2, 0.25) is 0 Å². The van der Waals surface area contributed by atoms with Crippen molar-refractivity contribution in [3.8, 4) is 17.2 Å². The Labute approximate surface area is 119 Å². The van der Waals surface area contributed by atoms with E-state index in [0.717, 1.165) is 17.1 Å². The van der Waals surface area contributed by atoms with Crippen molar-refractivity contribution in [1.82, 2.24) is 4.98 Å². The molecule has 0 aliphatic rings. The van der Waals surface area contributed by atoms with Crippen LogP contribution in [0.25, 0.3) is 0 Å². The molecule has 1 heterocycles. The van der Waals surface area contributed by atoms with E-state index in [1.807, 2.05) is 18.2 Å². The van der Waals surface area contributed by atoms with Crippen molar-refractivity contribution in [3.05, 3.63) is 42.1 Å². The molecule has 4 heteroatoms. The van der Waals surface area contributed by atoms with E-state index in [4.69, 9.17) is 15.2 Å². The van der Waals surface area contributed by atoms with E-state index >= 15 is 0 Å². The van der Waals surface area contributed by atoms with Crippen LogP contribution in [0, 0.1) is 0 Å². The van der Waals surface area contributed by atoms with Crippen LogP contribution in [-0.2, 0) is 5.41 Å². The molecule has 0 aliphatic carbocycles. The Hall–Kier alpha value is -2.23. The average Bonchev–Trinajstić information content (AvgIpc) is 2.38. The Bertz CT molecular complexity index is 604. The van der Waals surface area contributed by atoms with Crippen LogP contribution in [0.3, 0.4) is 0 Å². The largest absolute Gasteiger partial charge is 0.497 e. The molecule has 106 valence electrons. The van der Waals surface area contributed by atoms with Gasteiger partial charge >= 0.3 is 0 Å². The van der Waals surface area contributed by atoms with E-state index < -0.39 is 0 Å². The predicted octanol–water partition coefficient (Wildman–Crippen LogP) is 3.76. The summed E-state index contributed by atoms with van der Waals surface area (Å²) in [4.78, 5) is 3.96. The number of aromatic nitrogens is 1. The van der Waals surface area contributed by atoms with Crippen molar-refractivity contribution >= 4 is 5.82 Å². The lowest BCUT2D eigenvalue weighted by Gasteiger charge is -2.23. The number of nitrogens with two attached hydrogens (primary N) is 1. The number of nitrogen functional groups attached to an aromatic ring is 1. The molecule has 4 nitrogen and oxygen atoms in total. The molecule has 0 aliphatic heterocycles. The zero-order chi connectivity index (χ0) is 14.8. The van der Waals surface area contributed by atoms with Crippen LogP contribution in [0.5, 0.6) is 17.2 Å². The first kappa shape index (κ1) is 14.2. The topological polar surface area (TPSA) is 57.4 Å². The molecule has 0 amide bonds. The summed E-state index contributed by atoms with van der Waals surface area (Å²) >= 11 is 0. The highest BCUT2D eigenvalue weighted by Crippen LogP contribution is 2.36. The number of ether oxygens (including phenoxy) is 2. The number of pyridine rings is 1. The summed E-state index contributed by atoms with van der Waals surface area (Å²) in [5.41, 5.74) is 6.69. The van der Waals surface area contributed by atoms with Crippen LogP contribution >= 0.6 is 0 Å². The van der Waals surface area contributed by atoms with Gasteiger partial charge in [-0.25, -0.2) is 4.98 Å². The van der Waals surface area contributed by atoms with Gasteiger partial charge in [0.05, 0.1) is 7.11 Å². The molecule has 0 bridgehead atoms. The molecule has 2 rings (SSSR count). The first-order chi connectivity index (χ1) is 9.40. The molecular weight excluding hydrogens is 252 g/mol. The maximum Gasteiger partial charge on any atom is 0.132 e. The fraction of sp³-hybridized carbons (Fsp3) is 0.312. The number of rotatable bonds is 3. The van der Waals surface area contributed by atoms with E-state index in [1.54, 1.807) is 25.4 Å². The second-order valence-corrected chi connectivity index (χ2v) is 5.63. The molecule has 1 aromatic heterocycles. The highest BCUT2D eigenvalue weighted by molar-refractivity contribution is 5.47. The molecule has 0 saturated carbocycles. The highest BCUT2D eigenvalue weighted by Gasteiger charge is 2.20. The monoisotopic (exact) mass is 272 g/mol. The van der Waals surface area contributed by atoms with E-state index in [2.05, 4.69) is 25.8 Å². The first-order valence-corrected chi connectivity index (χ1v) is 6.48. The zero-order valence-electron chi connectivity index (χ0n) is 12.3. The van der Waals surface area contributed by atoms with Gasteiger partial charge in [-0.2, -0.15) is 0 Å². The van der Waals surface area contributed by atoms with Crippen molar-refractivity contribution in [3.63, 3.8) is 0 Å². The summed E-state index contributed by atoms with van der Waals surface area (Å²) < 4.78 is 11.2. The molecule has 20 heavy (non-hydrogen) atoms. The van der Waals surface area contributed by atoms with E-state index in [-0.39, 0.29) is 5.41 Å². The third-order valence-corrected chi connectivity index (χ3v) is 2.98. The number of anilines is 1. The summed E-state index contributed by atoms with van der Waals surface area (Å²) in [6.45, 7) is 6.40. The van der Waals surface area contributed by atoms with Crippen molar-refractivity contribution < 1.29 is 9.47 Å². The summed E-state index contributed by atoms with van der Waals surface area (Å²) in [5, 5.41) is 0. The Morgan fingerprint density at radius 2 is 1.80 bits per heavy atom. The molecule has 0 radical (unpaired) electrons. The Morgan fingerprint density at radius 1 is 1.05 bits per heavy atom. The summed E-state index contributed by atoms with van der Waals surface area (Å²) in [5.74, 6) is 2.72. The van der Waals surface area contributed by atoms with Gasteiger partial charge in [0.2, 0.25) is 0 Å². The van der Waals surface area contributed by atoms with Crippen LogP contribution in [0.1, 0.15) is 26.3 Å². The van der Waals surface area contributed by atoms with Crippen molar-refractivity contribution in [2.24, 2.45) is 0 Å². The lowest BCUT2D eigenvalue weighted by molar-refractivity contribution is 0.407. The van der Waals surface area contributed by atoms with Crippen LogP contribution in [-0.4, -0.2) is 12.1 Å². The van der Waals surface area contributed by atoms with Gasteiger partial charge in [-0.1, -0.05) is 20.8 Å².